The van der Waals surface area contributed by atoms with Gasteiger partial charge < -0.3 is 5.32 Å². The Bertz CT molecular complexity index is 925. The van der Waals surface area contributed by atoms with Gasteiger partial charge in [0.15, 0.2) is 5.11 Å². The Labute approximate surface area is 180 Å². The number of non-ortho nitro benzene ring substituents is 1. The molecular formula is C22H24N4O3S. The number of rotatable bonds is 6. The molecule has 1 fully saturated rings. The van der Waals surface area contributed by atoms with E-state index in [4.69, 9.17) is 12.2 Å². The van der Waals surface area contributed by atoms with Crippen molar-refractivity contribution in [2.75, 3.05) is 13.1 Å². The molecule has 2 aromatic carbocycles. The number of nitrogens with zero attached hydrogens (tertiary/aromatic N) is 2. The third-order valence-electron chi connectivity index (χ3n) is 4.92. The number of carbonyl (C=O) groups excluding carboxylic acids is 1. The number of piperidine rings is 1. The van der Waals surface area contributed by atoms with E-state index in [-0.39, 0.29) is 17.6 Å². The van der Waals surface area contributed by atoms with Gasteiger partial charge in [-0.1, -0.05) is 42.5 Å². The highest BCUT2D eigenvalue weighted by molar-refractivity contribution is 7.80. The van der Waals surface area contributed by atoms with Gasteiger partial charge in [-0.2, -0.15) is 0 Å². The number of nitrogens with one attached hydrogen (secondary N) is 2. The minimum atomic E-state index is -0.471. The molecule has 7 nitrogen and oxygen atoms in total. The Kier molecular flexibility index (Phi) is 7.64. The topological polar surface area (TPSA) is 87.5 Å². The van der Waals surface area contributed by atoms with E-state index >= 15 is 0 Å². The average Bonchev–Trinajstić information content (AvgIpc) is 2.74. The van der Waals surface area contributed by atoms with Gasteiger partial charge in [-0.3, -0.25) is 25.1 Å². The molecule has 1 heterocycles. The number of nitro benzene ring substituents is 1. The molecule has 0 radical (unpaired) electrons. The smallest absolute Gasteiger partial charge is 0.270 e. The summed E-state index contributed by atoms with van der Waals surface area (Å²) in [5, 5.41) is 16.9. The third kappa shape index (κ3) is 6.75. The van der Waals surface area contributed by atoms with E-state index in [0.29, 0.717) is 10.7 Å². The van der Waals surface area contributed by atoms with E-state index in [0.717, 1.165) is 32.5 Å². The second kappa shape index (κ2) is 10.6. The maximum atomic E-state index is 12.1. The van der Waals surface area contributed by atoms with Crippen LogP contribution in [0, 0.1) is 10.1 Å². The molecule has 2 N–H and O–H groups in total. The van der Waals surface area contributed by atoms with E-state index in [9.17, 15) is 14.9 Å². The molecule has 0 unspecified atom stereocenters. The fraction of sp³-hybridized carbons (Fsp3) is 0.273. The maximum Gasteiger partial charge on any atom is 0.270 e. The van der Waals surface area contributed by atoms with Gasteiger partial charge in [0.25, 0.3) is 5.69 Å². The van der Waals surface area contributed by atoms with Crippen LogP contribution in [-0.2, 0) is 11.3 Å². The Morgan fingerprint density at radius 2 is 1.90 bits per heavy atom. The van der Waals surface area contributed by atoms with Crippen LogP contribution in [0.2, 0.25) is 0 Å². The number of hydrogen-bond donors (Lipinski definition) is 2. The molecule has 8 heteroatoms. The molecule has 3 rings (SSSR count). The summed E-state index contributed by atoms with van der Waals surface area (Å²) in [4.78, 5) is 24.8. The zero-order valence-corrected chi connectivity index (χ0v) is 17.3. The van der Waals surface area contributed by atoms with Gasteiger partial charge in [-0.25, -0.2) is 0 Å². The van der Waals surface area contributed by atoms with Crippen molar-refractivity contribution >= 4 is 35.0 Å². The van der Waals surface area contributed by atoms with Crippen LogP contribution in [0.4, 0.5) is 5.69 Å². The molecule has 1 aliphatic heterocycles. The monoisotopic (exact) mass is 424 g/mol. The fourth-order valence-electron chi connectivity index (χ4n) is 3.37. The van der Waals surface area contributed by atoms with Crippen molar-refractivity contribution in [3.05, 3.63) is 81.9 Å². The first-order valence-corrected chi connectivity index (χ1v) is 10.2. The van der Waals surface area contributed by atoms with Gasteiger partial charge in [-0.15, -0.1) is 0 Å². The predicted octanol–water partition coefficient (Wildman–Crippen LogP) is 3.26. The van der Waals surface area contributed by atoms with Gasteiger partial charge in [0.1, 0.15) is 0 Å². The molecule has 2 aromatic rings. The molecule has 0 spiro atoms. The van der Waals surface area contributed by atoms with Gasteiger partial charge in [0, 0.05) is 43.9 Å². The molecule has 1 saturated heterocycles. The van der Waals surface area contributed by atoms with Gasteiger partial charge >= 0.3 is 0 Å². The van der Waals surface area contributed by atoms with Crippen LogP contribution in [0.5, 0.6) is 0 Å². The number of thiocarbonyl (C=S) groups is 1. The first-order chi connectivity index (χ1) is 14.5. The highest BCUT2D eigenvalue weighted by Crippen LogP contribution is 2.15. The molecule has 0 aromatic heterocycles. The van der Waals surface area contributed by atoms with Gasteiger partial charge in [0.05, 0.1) is 4.92 Å². The first-order valence-electron chi connectivity index (χ1n) is 9.80. The van der Waals surface area contributed by atoms with Crippen molar-refractivity contribution in [3.63, 3.8) is 0 Å². The largest absolute Gasteiger partial charge is 0.360 e. The second-order valence-electron chi connectivity index (χ2n) is 7.18. The van der Waals surface area contributed by atoms with Crippen molar-refractivity contribution < 1.29 is 9.72 Å². The van der Waals surface area contributed by atoms with Crippen LogP contribution in [0.1, 0.15) is 24.0 Å². The molecular weight excluding hydrogens is 400 g/mol. The van der Waals surface area contributed by atoms with Crippen LogP contribution in [-0.4, -0.2) is 40.0 Å². The van der Waals surface area contributed by atoms with Crippen LogP contribution < -0.4 is 10.6 Å². The summed E-state index contributed by atoms with van der Waals surface area (Å²) in [7, 11) is 0. The van der Waals surface area contributed by atoms with E-state index in [1.807, 2.05) is 6.07 Å². The van der Waals surface area contributed by atoms with Crippen LogP contribution >= 0.6 is 12.2 Å². The Morgan fingerprint density at radius 3 is 2.60 bits per heavy atom. The Morgan fingerprint density at radius 1 is 1.17 bits per heavy atom. The number of nitro groups is 1. The number of amides is 1. The van der Waals surface area contributed by atoms with Gasteiger partial charge in [-0.05, 0) is 42.3 Å². The molecule has 1 amide bonds. The lowest BCUT2D eigenvalue weighted by molar-refractivity contribution is -0.384. The quantitative estimate of drug-likeness (QED) is 0.320. The minimum absolute atomic E-state index is 0.0200. The molecule has 0 bridgehead atoms. The van der Waals surface area contributed by atoms with Crippen LogP contribution in [0.15, 0.2) is 60.7 Å². The fourth-order valence-corrected chi connectivity index (χ4v) is 3.63. The highest BCUT2D eigenvalue weighted by Gasteiger charge is 2.20. The lowest BCUT2D eigenvalue weighted by Crippen LogP contribution is -2.48. The van der Waals surface area contributed by atoms with Crippen LogP contribution in [0.3, 0.4) is 0 Å². The molecule has 156 valence electrons. The van der Waals surface area contributed by atoms with E-state index < -0.39 is 4.92 Å². The Balaban J connectivity index is 1.41. The highest BCUT2D eigenvalue weighted by atomic mass is 32.1. The normalized spacial score (nSPS) is 15.1. The molecule has 1 aliphatic rings. The number of carbonyl (C=O) groups is 1. The Hall–Kier alpha value is -3.10. The minimum Gasteiger partial charge on any atom is -0.360 e. The third-order valence-corrected chi connectivity index (χ3v) is 5.14. The molecule has 30 heavy (non-hydrogen) atoms. The molecule has 0 atom stereocenters. The van der Waals surface area contributed by atoms with Crippen molar-refractivity contribution in [1.29, 1.82) is 0 Å². The maximum absolute atomic E-state index is 12.1. The summed E-state index contributed by atoms with van der Waals surface area (Å²) >= 11 is 5.25. The summed E-state index contributed by atoms with van der Waals surface area (Å²) in [6.07, 6.45) is 4.74. The summed E-state index contributed by atoms with van der Waals surface area (Å²) in [5.41, 5.74) is 1.86. The lowest BCUT2D eigenvalue weighted by atomic mass is 10.0. The zero-order valence-electron chi connectivity index (χ0n) is 16.5. The second-order valence-corrected chi connectivity index (χ2v) is 7.59. The molecule has 0 aliphatic carbocycles. The van der Waals surface area contributed by atoms with E-state index in [2.05, 4.69) is 39.8 Å². The summed E-state index contributed by atoms with van der Waals surface area (Å²) in [6, 6.07) is 16.7. The SMILES string of the molecule is O=C(/C=C/c1cccc([N+](=O)[O-])c1)NC(=S)NC1CCN(Cc2ccccc2)CC1. The summed E-state index contributed by atoms with van der Waals surface area (Å²) in [5.74, 6) is -0.375. The van der Waals surface area contributed by atoms with Crippen molar-refractivity contribution in [3.8, 4) is 0 Å². The van der Waals surface area contributed by atoms with Crippen molar-refractivity contribution in [2.45, 2.75) is 25.4 Å². The first kappa shape index (κ1) is 21.6. The molecule has 0 saturated carbocycles. The van der Waals surface area contributed by atoms with Crippen molar-refractivity contribution in [2.24, 2.45) is 0 Å². The standard InChI is InChI=1S/C22H24N4O3S/c27-21(10-9-17-7-4-8-20(15-17)26(28)29)24-22(30)23-19-11-13-25(14-12-19)16-18-5-2-1-3-6-18/h1-10,15,19H,11-14,16H2,(H2,23,24,27,30)/b10-9+. The average molecular weight is 425 g/mol. The summed E-state index contributed by atoms with van der Waals surface area (Å²) in [6.45, 7) is 2.88. The number of likely N-dealkylation sites (tertiary alicyclic amines) is 1. The number of hydrogen-bond acceptors (Lipinski definition) is 5. The van der Waals surface area contributed by atoms with E-state index in [1.54, 1.807) is 12.1 Å². The van der Waals surface area contributed by atoms with E-state index in [1.165, 1.54) is 29.8 Å². The zero-order chi connectivity index (χ0) is 21.3. The van der Waals surface area contributed by atoms with Crippen LogP contribution in [0.25, 0.3) is 6.08 Å². The lowest BCUT2D eigenvalue weighted by Gasteiger charge is -2.32. The predicted molar refractivity (Wildman–Crippen MR) is 121 cm³/mol. The van der Waals surface area contributed by atoms with Gasteiger partial charge in [0.2, 0.25) is 5.91 Å². The summed E-state index contributed by atoms with van der Waals surface area (Å²) < 4.78 is 0. The van der Waals surface area contributed by atoms with Crippen molar-refractivity contribution in [1.82, 2.24) is 15.5 Å². The number of benzene rings is 2.